The molecule has 1 heterocycles. The third-order valence-electron chi connectivity index (χ3n) is 2.44. The Hall–Kier alpha value is -1.32. The molecular formula is C13H20F3NO4S. The van der Waals surface area contributed by atoms with E-state index in [1.165, 1.54) is 6.07 Å². The average molecular weight is 343 g/mol. The van der Waals surface area contributed by atoms with Gasteiger partial charge >= 0.3 is 12.1 Å². The lowest BCUT2D eigenvalue weighted by Gasteiger charge is -2.18. The second-order valence-electron chi connectivity index (χ2n) is 4.42. The number of rotatable bonds is 5. The SMILES string of the molecule is CCOC(=O)C(Sc1ccc(C(F)(F)F)cn1)C(C)C.O.O. The molecule has 0 aliphatic heterocycles. The summed E-state index contributed by atoms with van der Waals surface area (Å²) in [5, 5.41) is -0.121. The molecule has 9 heteroatoms. The van der Waals surface area contributed by atoms with Gasteiger partial charge in [-0.2, -0.15) is 13.2 Å². The van der Waals surface area contributed by atoms with Crippen LogP contribution < -0.4 is 0 Å². The van der Waals surface area contributed by atoms with E-state index in [-0.39, 0.29) is 29.4 Å². The number of ether oxygens (including phenoxy) is 1. The first-order valence-electron chi connectivity index (χ1n) is 6.12. The van der Waals surface area contributed by atoms with Crippen LogP contribution in [0.2, 0.25) is 0 Å². The quantitative estimate of drug-likeness (QED) is 0.603. The van der Waals surface area contributed by atoms with Gasteiger partial charge < -0.3 is 15.7 Å². The van der Waals surface area contributed by atoms with Crippen molar-refractivity contribution in [3.63, 3.8) is 0 Å². The molecule has 0 saturated carbocycles. The summed E-state index contributed by atoms with van der Waals surface area (Å²) in [4.78, 5) is 15.5. The number of esters is 1. The van der Waals surface area contributed by atoms with E-state index >= 15 is 0 Å². The molecule has 0 aromatic carbocycles. The molecule has 1 atom stereocenters. The highest BCUT2D eigenvalue weighted by molar-refractivity contribution is 8.00. The first-order chi connectivity index (χ1) is 9.25. The molecule has 0 aliphatic rings. The molecule has 0 saturated heterocycles. The minimum atomic E-state index is -4.41. The van der Waals surface area contributed by atoms with Crippen molar-refractivity contribution in [3.8, 4) is 0 Å². The summed E-state index contributed by atoms with van der Waals surface area (Å²) in [5.41, 5.74) is -0.806. The first-order valence-corrected chi connectivity index (χ1v) is 7.00. The summed E-state index contributed by atoms with van der Waals surface area (Å²) in [5.74, 6) is -0.391. The minimum absolute atomic E-state index is 0. The zero-order valence-corrected chi connectivity index (χ0v) is 13.2. The highest BCUT2D eigenvalue weighted by Crippen LogP contribution is 2.32. The molecule has 0 fully saturated rings. The molecule has 0 spiro atoms. The Morgan fingerprint density at radius 2 is 1.91 bits per heavy atom. The molecule has 0 amide bonds. The van der Waals surface area contributed by atoms with Crippen molar-refractivity contribution in [1.82, 2.24) is 4.98 Å². The molecule has 128 valence electrons. The van der Waals surface area contributed by atoms with Crippen molar-refractivity contribution < 1.29 is 33.7 Å². The number of hydrogen-bond donors (Lipinski definition) is 0. The van der Waals surface area contributed by atoms with Crippen molar-refractivity contribution in [2.45, 2.75) is 37.2 Å². The lowest BCUT2D eigenvalue weighted by molar-refractivity contribution is -0.143. The number of halogens is 3. The Kier molecular flexibility index (Phi) is 10.1. The van der Waals surface area contributed by atoms with Gasteiger partial charge in [0.2, 0.25) is 0 Å². The number of aromatic nitrogens is 1. The summed E-state index contributed by atoms with van der Waals surface area (Å²) in [6.45, 7) is 5.66. The maximum atomic E-state index is 12.4. The van der Waals surface area contributed by atoms with E-state index in [1.807, 2.05) is 13.8 Å². The number of thioether (sulfide) groups is 1. The standard InChI is InChI=1S/C13H16F3NO2S.2H2O/c1-4-19-12(18)11(8(2)3)20-10-6-5-9(7-17-10)13(14,15)16;;/h5-8,11H,4H2,1-3H3;2*1H2. The number of hydrogen-bond acceptors (Lipinski definition) is 4. The smallest absolute Gasteiger partial charge is 0.417 e. The summed E-state index contributed by atoms with van der Waals surface area (Å²) < 4.78 is 42.2. The molecular weight excluding hydrogens is 323 g/mol. The van der Waals surface area contributed by atoms with E-state index in [9.17, 15) is 18.0 Å². The molecule has 1 aromatic heterocycles. The van der Waals surface area contributed by atoms with Gasteiger partial charge in [0.15, 0.2) is 0 Å². The number of pyridine rings is 1. The zero-order chi connectivity index (χ0) is 15.3. The van der Waals surface area contributed by atoms with Crippen LogP contribution in [0.5, 0.6) is 0 Å². The lowest BCUT2D eigenvalue weighted by atomic mass is 10.1. The van der Waals surface area contributed by atoms with E-state index in [1.54, 1.807) is 6.92 Å². The third kappa shape index (κ3) is 6.63. The maximum Gasteiger partial charge on any atom is 0.417 e. The van der Waals surface area contributed by atoms with E-state index in [0.29, 0.717) is 5.03 Å². The Morgan fingerprint density at radius 1 is 1.32 bits per heavy atom. The van der Waals surface area contributed by atoms with Gasteiger partial charge in [-0.15, -0.1) is 0 Å². The molecule has 1 rings (SSSR count). The number of alkyl halides is 3. The van der Waals surface area contributed by atoms with Crippen LogP contribution in [0.3, 0.4) is 0 Å². The topological polar surface area (TPSA) is 102 Å². The van der Waals surface area contributed by atoms with E-state index in [4.69, 9.17) is 4.74 Å². The Balaban J connectivity index is 0. The van der Waals surface area contributed by atoms with Crippen molar-refractivity contribution in [2.24, 2.45) is 5.92 Å². The third-order valence-corrected chi connectivity index (χ3v) is 3.91. The zero-order valence-electron chi connectivity index (χ0n) is 12.4. The molecule has 4 N–H and O–H groups in total. The van der Waals surface area contributed by atoms with Crippen LogP contribution in [0.1, 0.15) is 26.3 Å². The first kappa shape index (κ1) is 23.0. The van der Waals surface area contributed by atoms with Gasteiger partial charge in [0.05, 0.1) is 17.2 Å². The van der Waals surface area contributed by atoms with Crippen LogP contribution in [0.15, 0.2) is 23.4 Å². The van der Waals surface area contributed by atoms with Crippen LogP contribution in [0, 0.1) is 5.92 Å². The van der Waals surface area contributed by atoms with Crippen molar-refractivity contribution in [2.75, 3.05) is 6.61 Å². The van der Waals surface area contributed by atoms with Crippen molar-refractivity contribution >= 4 is 17.7 Å². The average Bonchev–Trinajstić information content (AvgIpc) is 2.35. The van der Waals surface area contributed by atoms with E-state index in [2.05, 4.69) is 4.98 Å². The predicted molar refractivity (Wildman–Crippen MR) is 77.6 cm³/mol. The predicted octanol–water partition coefficient (Wildman–Crippen LogP) is 2.13. The Morgan fingerprint density at radius 3 is 2.27 bits per heavy atom. The highest BCUT2D eigenvalue weighted by atomic mass is 32.2. The largest absolute Gasteiger partial charge is 0.465 e. The van der Waals surface area contributed by atoms with Crippen LogP contribution in [0.4, 0.5) is 13.2 Å². The van der Waals surface area contributed by atoms with E-state index < -0.39 is 17.0 Å². The summed E-state index contributed by atoms with van der Waals surface area (Å²) in [7, 11) is 0. The van der Waals surface area contributed by atoms with Gasteiger partial charge in [-0.25, -0.2) is 4.98 Å². The summed E-state index contributed by atoms with van der Waals surface area (Å²) in [6, 6.07) is 2.22. The van der Waals surface area contributed by atoms with Gasteiger partial charge in [0.25, 0.3) is 0 Å². The minimum Gasteiger partial charge on any atom is -0.465 e. The van der Waals surface area contributed by atoms with Crippen molar-refractivity contribution in [1.29, 1.82) is 0 Å². The number of nitrogens with zero attached hydrogens (tertiary/aromatic N) is 1. The molecule has 0 bridgehead atoms. The molecule has 22 heavy (non-hydrogen) atoms. The Labute approximate surface area is 130 Å². The monoisotopic (exact) mass is 343 g/mol. The van der Waals surface area contributed by atoms with Gasteiger partial charge in [-0.05, 0) is 25.0 Å². The van der Waals surface area contributed by atoms with Gasteiger partial charge in [-0.1, -0.05) is 25.6 Å². The molecule has 1 aromatic rings. The highest BCUT2D eigenvalue weighted by Gasteiger charge is 2.31. The second kappa shape index (κ2) is 9.65. The van der Waals surface area contributed by atoms with Crippen molar-refractivity contribution in [3.05, 3.63) is 23.9 Å². The van der Waals surface area contributed by atoms with Crippen LogP contribution in [-0.4, -0.2) is 33.8 Å². The fourth-order valence-electron chi connectivity index (χ4n) is 1.43. The molecule has 5 nitrogen and oxygen atoms in total. The molecule has 1 unspecified atom stereocenters. The van der Waals surface area contributed by atoms with Gasteiger partial charge in [-0.3, -0.25) is 4.79 Å². The van der Waals surface area contributed by atoms with Crippen LogP contribution >= 0.6 is 11.8 Å². The second-order valence-corrected chi connectivity index (χ2v) is 5.58. The fourth-order valence-corrected chi connectivity index (χ4v) is 2.39. The maximum absolute atomic E-state index is 12.4. The number of carbonyl (C=O) groups is 1. The lowest BCUT2D eigenvalue weighted by Crippen LogP contribution is -2.25. The van der Waals surface area contributed by atoms with Gasteiger partial charge in [0.1, 0.15) is 5.25 Å². The van der Waals surface area contributed by atoms with E-state index in [0.717, 1.165) is 24.0 Å². The van der Waals surface area contributed by atoms with Gasteiger partial charge in [0, 0.05) is 6.20 Å². The summed E-state index contributed by atoms with van der Waals surface area (Å²) >= 11 is 1.11. The Bertz CT molecular complexity index is 452. The fraction of sp³-hybridized carbons (Fsp3) is 0.538. The number of carbonyl (C=O) groups excluding carboxylic acids is 1. The van der Waals surface area contributed by atoms with Crippen LogP contribution in [-0.2, 0) is 15.7 Å². The molecule has 0 aliphatic carbocycles. The molecule has 0 radical (unpaired) electrons. The van der Waals surface area contributed by atoms with Crippen LogP contribution in [0.25, 0.3) is 0 Å². The summed E-state index contributed by atoms with van der Waals surface area (Å²) in [6.07, 6.45) is -3.64. The normalized spacial score (nSPS) is 12.1.